The van der Waals surface area contributed by atoms with E-state index in [0.29, 0.717) is 42.4 Å². The Hall–Kier alpha value is -5.41. The number of hydrogen-bond donors (Lipinski definition) is 1. The first kappa shape index (κ1) is 36.4. The van der Waals surface area contributed by atoms with E-state index < -0.39 is 11.8 Å². The van der Waals surface area contributed by atoms with Gasteiger partial charge in [-0.2, -0.15) is 4.99 Å². The van der Waals surface area contributed by atoms with E-state index >= 15 is 0 Å². The summed E-state index contributed by atoms with van der Waals surface area (Å²) in [7, 11) is 0. The molecule has 1 N–H and O–H groups in total. The van der Waals surface area contributed by atoms with Crippen molar-refractivity contribution in [3.63, 3.8) is 0 Å². The molecule has 0 spiro atoms. The van der Waals surface area contributed by atoms with Crippen LogP contribution in [0.3, 0.4) is 0 Å². The Bertz CT molecular complexity index is 1760. The minimum Gasteiger partial charge on any atom is -0.490 e. The number of hydrogen-bond acceptors (Lipinski definition) is 6. The van der Waals surface area contributed by atoms with Crippen LogP contribution >= 0.6 is 11.8 Å². The fourth-order valence-corrected chi connectivity index (χ4v) is 6.01. The number of amides is 3. The topological polar surface area (TPSA) is 97.3 Å². The molecular formula is C40H41N3O5S. The van der Waals surface area contributed by atoms with Gasteiger partial charge in [-0.15, -0.1) is 6.58 Å². The summed E-state index contributed by atoms with van der Waals surface area (Å²) in [6.07, 6.45) is 10.4. The van der Waals surface area contributed by atoms with Gasteiger partial charge in [-0.3, -0.25) is 19.3 Å². The summed E-state index contributed by atoms with van der Waals surface area (Å²) >= 11 is 1.01. The zero-order chi connectivity index (χ0) is 35.2. The van der Waals surface area contributed by atoms with Crippen molar-refractivity contribution in [3.8, 4) is 11.5 Å². The SMILES string of the molecule is C=C/C=C\C(=C/C)N1C(=O)/C(=C/c2cc(CC=C)c(OCC)c(OCC)c2)C(=O)N=C1SCC(=O)NC(c1ccccc1)c1ccccc1. The van der Waals surface area contributed by atoms with Crippen molar-refractivity contribution in [1.82, 2.24) is 10.2 Å². The lowest BCUT2D eigenvalue weighted by Crippen LogP contribution is -2.42. The van der Waals surface area contributed by atoms with Crippen molar-refractivity contribution in [3.05, 3.63) is 150 Å². The standard InChI is InChI=1S/C40H41N3O5S/c1-6-11-23-32(8-3)43-39(46)33(25-28-24-31(18-7-2)37(48-10-5)34(26-28)47-9-4)38(45)42-40(43)49-27-35(44)41-36(29-19-14-12-15-20-29)30-21-16-13-17-22-30/h6-8,11-17,19-26,36H,1-2,9-10,18,27H2,3-5H3,(H,41,44)/b23-11-,32-8+,33-25+. The molecule has 0 saturated heterocycles. The van der Waals surface area contributed by atoms with Crippen LogP contribution in [0.25, 0.3) is 6.08 Å². The highest BCUT2D eigenvalue weighted by molar-refractivity contribution is 8.14. The molecule has 3 aromatic rings. The molecule has 49 heavy (non-hydrogen) atoms. The third kappa shape index (κ3) is 9.36. The molecule has 0 saturated carbocycles. The van der Waals surface area contributed by atoms with Gasteiger partial charge in [0.05, 0.1) is 25.0 Å². The van der Waals surface area contributed by atoms with Crippen LogP contribution in [0.1, 0.15) is 49.1 Å². The number of amidine groups is 1. The number of rotatable bonds is 15. The Kier molecular flexibility index (Phi) is 13.5. The predicted octanol–water partition coefficient (Wildman–Crippen LogP) is 7.61. The summed E-state index contributed by atoms with van der Waals surface area (Å²) in [5.41, 5.74) is 3.56. The third-order valence-corrected chi connectivity index (χ3v) is 8.27. The molecule has 0 bridgehead atoms. The van der Waals surface area contributed by atoms with Crippen LogP contribution in [0, 0.1) is 0 Å². The maximum atomic E-state index is 14.2. The van der Waals surface area contributed by atoms with Gasteiger partial charge in [0.2, 0.25) is 5.91 Å². The van der Waals surface area contributed by atoms with Crippen molar-refractivity contribution in [2.24, 2.45) is 4.99 Å². The summed E-state index contributed by atoms with van der Waals surface area (Å²) in [6, 6.07) is 22.5. The number of ether oxygens (including phenoxy) is 2. The summed E-state index contributed by atoms with van der Waals surface area (Å²) < 4.78 is 11.8. The number of carbonyl (C=O) groups excluding carboxylic acids is 3. The van der Waals surface area contributed by atoms with Gasteiger partial charge in [0.25, 0.3) is 11.8 Å². The third-order valence-electron chi connectivity index (χ3n) is 7.33. The molecule has 0 aromatic heterocycles. The summed E-state index contributed by atoms with van der Waals surface area (Å²) in [6.45, 7) is 14.0. The minimum absolute atomic E-state index is 0.0885. The van der Waals surface area contributed by atoms with E-state index in [9.17, 15) is 14.4 Å². The van der Waals surface area contributed by atoms with Crippen LogP contribution in [0.15, 0.2) is 133 Å². The molecule has 0 atom stereocenters. The smallest absolute Gasteiger partial charge is 0.285 e. The summed E-state index contributed by atoms with van der Waals surface area (Å²) in [5.74, 6) is -0.570. The monoisotopic (exact) mass is 675 g/mol. The summed E-state index contributed by atoms with van der Waals surface area (Å²) in [5, 5.41) is 3.20. The molecule has 9 heteroatoms. The van der Waals surface area contributed by atoms with Crippen LogP contribution in [0.2, 0.25) is 0 Å². The number of aliphatic imine (C=N–C) groups is 1. The average Bonchev–Trinajstić information content (AvgIpc) is 3.11. The van der Waals surface area contributed by atoms with Crippen molar-refractivity contribution in [2.75, 3.05) is 19.0 Å². The van der Waals surface area contributed by atoms with Crippen molar-refractivity contribution in [2.45, 2.75) is 33.2 Å². The normalized spacial score (nSPS) is 14.3. The molecule has 3 amide bonds. The van der Waals surface area contributed by atoms with Gasteiger partial charge < -0.3 is 14.8 Å². The molecule has 0 unspecified atom stereocenters. The van der Waals surface area contributed by atoms with Gasteiger partial charge >= 0.3 is 0 Å². The lowest BCUT2D eigenvalue weighted by molar-refractivity contribution is -0.126. The second kappa shape index (κ2) is 18.2. The number of benzene rings is 3. The Morgan fingerprint density at radius 3 is 2.20 bits per heavy atom. The van der Waals surface area contributed by atoms with Crippen LogP contribution < -0.4 is 14.8 Å². The molecule has 0 fully saturated rings. The Morgan fingerprint density at radius 2 is 1.63 bits per heavy atom. The van der Waals surface area contributed by atoms with Gasteiger partial charge in [0.1, 0.15) is 5.57 Å². The Morgan fingerprint density at radius 1 is 0.980 bits per heavy atom. The number of allylic oxidation sites excluding steroid dienone is 5. The van der Waals surface area contributed by atoms with Crippen LogP contribution in [0.5, 0.6) is 11.5 Å². The Balaban J connectivity index is 1.68. The quantitative estimate of drug-likeness (QED) is 0.0771. The van der Waals surface area contributed by atoms with Gasteiger partial charge in [-0.25, -0.2) is 0 Å². The molecule has 4 rings (SSSR count). The number of carbonyl (C=O) groups is 3. The van der Waals surface area contributed by atoms with E-state index in [1.54, 1.807) is 43.4 Å². The highest BCUT2D eigenvalue weighted by Crippen LogP contribution is 2.35. The second-order valence-corrected chi connectivity index (χ2v) is 11.6. The van der Waals surface area contributed by atoms with Gasteiger partial charge in [-0.1, -0.05) is 103 Å². The highest BCUT2D eigenvalue weighted by Gasteiger charge is 2.35. The van der Waals surface area contributed by atoms with Crippen LogP contribution in [0.4, 0.5) is 0 Å². The predicted molar refractivity (Wildman–Crippen MR) is 198 cm³/mol. The van der Waals surface area contributed by atoms with Crippen LogP contribution in [-0.4, -0.2) is 46.8 Å². The van der Waals surface area contributed by atoms with E-state index in [4.69, 9.17) is 9.47 Å². The van der Waals surface area contributed by atoms with Crippen molar-refractivity contribution < 1.29 is 23.9 Å². The zero-order valence-corrected chi connectivity index (χ0v) is 28.9. The second-order valence-electron chi connectivity index (χ2n) is 10.7. The lowest BCUT2D eigenvalue weighted by atomic mass is 9.99. The molecule has 1 aliphatic heterocycles. The molecule has 8 nitrogen and oxygen atoms in total. The fourth-order valence-electron chi connectivity index (χ4n) is 5.20. The summed E-state index contributed by atoms with van der Waals surface area (Å²) in [4.78, 5) is 46.8. The number of nitrogens with zero attached hydrogens (tertiary/aromatic N) is 2. The molecule has 252 valence electrons. The van der Waals surface area contributed by atoms with E-state index in [2.05, 4.69) is 23.5 Å². The number of thioether (sulfide) groups is 1. The van der Waals surface area contributed by atoms with Crippen molar-refractivity contribution in [1.29, 1.82) is 0 Å². The molecule has 1 aliphatic rings. The minimum atomic E-state index is -0.712. The van der Waals surface area contributed by atoms with E-state index in [1.807, 2.05) is 80.6 Å². The number of nitrogens with one attached hydrogen (secondary N) is 1. The largest absolute Gasteiger partial charge is 0.490 e. The van der Waals surface area contributed by atoms with E-state index in [-0.39, 0.29) is 28.4 Å². The molecule has 3 aromatic carbocycles. The lowest BCUT2D eigenvalue weighted by Gasteiger charge is -2.28. The first-order valence-corrected chi connectivity index (χ1v) is 17.0. The zero-order valence-electron chi connectivity index (χ0n) is 28.1. The maximum Gasteiger partial charge on any atom is 0.285 e. The van der Waals surface area contributed by atoms with Gasteiger partial charge in [0.15, 0.2) is 16.7 Å². The fraction of sp³-hybridized carbons (Fsp3) is 0.200. The van der Waals surface area contributed by atoms with Crippen molar-refractivity contribution >= 4 is 40.7 Å². The van der Waals surface area contributed by atoms with Crippen LogP contribution in [-0.2, 0) is 20.8 Å². The maximum absolute atomic E-state index is 14.2. The van der Waals surface area contributed by atoms with Gasteiger partial charge in [0, 0.05) is 11.3 Å². The first-order chi connectivity index (χ1) is 23.8. The first-order valence-electron chi connectivity index (χ1n) is 16.0. The Labute approximate surface area is 292 Å². The molecule has 0 radical (unpaired) electrons. The molecule has 1 heterocycles. The van der Waals surface area contributed by atoms with E-state index in [0.717, 1.165) is 28.5 Å². The highest BCUT2D eigenvalue weighted by atomic mass is 32.2. The average molecular weight is 676 g/mol. The molecular weight excluding hydrogens is 635 g/mol. The van der Waals surface area contributed by atoms with Gasteiger partial charge in [-0.05, 0) is 68.2 Å². The van der Waals surface area contributed by atoms with E-state index in [1.165, 1.54) is 11.0 Å². The molecule has 0 aliphatic carbocycles.